The minimum Gasteiger partial charge on any atom is -0.300 e. The maximum absolute atomic E-state index is 2.17. The molecule has 0 aliphatic heterocycles. The molecule has 1 nitrogen and oxygen atoms in total. The van der Waals surface area contributed by atoms with Crippen molar-refractivity contribution in [2.45, 2.75) is 20.8 Å². The Morgan fingerprint density at radius 1 is 1.22 bits per heavy atom. The van der Waals surface area contributed by atoms with E-state index in [9.17, 15) is 0 Å². The van der Waals surface area contributed by atoms with Gasteiger partial charge in [-0.15, -0.1) is 11.8 Å². The Morgan fingerprint density at radius 3 is 1.78 bits per heavy atom. The Bertz CT molecular complexity index is 37.9. The van der Waals surface area contributed by atoms with Crippen LogP contribution in [0.1, 0.15) is 20.8 Å². The fourth-order valence-corrected chi connectivity index (χ4v) is 0.822. The molecule has 0 heterocycles. The second kappa shape index (κ2) is 11.2. The van der Waals surface area contributed by atoms with Crippen LogP contribution in [0.2, 0.25) is 0 Å². The van der Waals surface area contributed by atoms with Crippen molar-refractivity contribution in [1.82, 2.24) is 4.90 Å². The van der Waals surface area contributed by atoms with Crippen LogP contribution in [0.4, 0.5) is 0 Å². The van der Waals surface area contributed by atoms with E-state index < -0.39 is 0 Å². The highest BCUT2D eigenvalue weighted by molar-refractivity contribution is 7.99. The van der Waals surface area contributed by atoms with Crippen LogP contribution >= 0.6 is 11.8 Å². The predicted octanol–water partition coefficient (Wildman–Crippen LogP) is 2.28. The zero-order valence-electron chi connectivity index (χ0n) is 7.27. The first-order valence-corrected chi connectivity index (χ1v) is 4.65. The van der Waals surface area contributed by atoms with Gasteiger partial charge in [0.1, 0.15) is 0 Å². The lowest BCUT2D eigenvalue weighted by Crippen LogP contribution is -2.09. The van der Waals surface area contributed by atoms with Crippen LogP contribution in [0, 0.1) is 0 Å². The normalized spacial score (nSPS) is 8.67. The summed E-state index contributed by atoms with van der Waals surface area (Å²) < 4.78 is 0. The second-order valence-corrected chi connectivity index (χ2v) is 2.95. The van der Waals surface area contributed by atoms with E-state index in [1.807, 2.05) is 25.6 Å². The van der Waals surface area contributed by atoms with E-state index >= 15 is 0 Å². The van der Waals surface area contributed by atoms with Gasteiger partial charge in [-0.1, -0.05) is 20.8 Å². The number of nitrogens with zero attached hydrogens (tertiary/aromatic N) is 1. The molecule has 0 atom stereocenters. The molecular weight excluding hydrogens is 130 g/mol. The average Bonchev–Trinajstić information content (AvgIpc) is 1.88. The quantitative estimate of drug-likeness (QED) is 0.566. The van der Waals surface area contributed by atoms with Gasteiger partial charge in [-0.3, -0.25) is 0 Å². The van der Waals surface area contributed by atoms with Gasteiger partial charge in [0.15, 0.2) is 0 Å². The average molecular weight is 149 g/mol. The first-order valence-electron chi connectivity index (χ1n) is 3.50. The van der Waals surface area contributed by atoms with Gasteiger partial charge in [0.05, 0.1) is 0 Å². The predicted molar refractivity (Wildman–Crippen MR) is 48.0 cm³/mol. The molecule has 0 amide bonds. The lowest BCUT2D eigenvalue weighted by atomic mass is 11.0. The van der Waals surface area contributed by atoms with Crippen molar-refractivity contribution < 1.29 is 0 Å². The van der Waals surface area contributed by atoms with Crippen molar-refractivity contribution in [3.05, 3.63) is 0 Å². The van der Waals surface area contributed by atoms with Gasteiger partial charge >= 0.3 is 0 Å². The summed E-state index contributed by atoms with van der Waals surface area (Å²) in [5.74, 6) is 2.37. The summed E-state index contributed by atoms with van der Waals surface area (Å²) in [7, 11) is 4.17. The monoisotopic (exact) mass is 149 g/mol. The molecule has 0 aromatic rings. The Morgan fingerprint density at radius 2 is 1.67 bits per heavy atom. The highest BCUT2D eigenvalue weighted by atomic mass is 32.2. The summed E-state index contributed by atoms with van der Waals surface area (Å²) in [4.78, 5) is 2.17. The first-order chi connectivity index (χ1) is 4.27. The Kier molecular flexibility index (Phi) is 14.9. The molecule has 0 aromatic heterocycles. The van der Waals surface area contributed by atoms with E-state index in [-0.39, 0.29) is 0 Å². The van der Waals surface area contributed by atoms with Crippen LogP contribution in [0.25, 0.3) is 0 Å². The van der Waals surface area contributed by atoms with Crippen LogP contribution < -0.4 is 0 Å². The third-order valence-corrected chi connectivity index (χ3v) is 1.66. The Labute approximate surface area is 63.8 Å². The fourth-order valence-electron chi connectivity index (χ4n) is 0.274. The van der Waals surface area contributed by atoms with Crippen molar-refractivity contribution in [3.8, 4) is 0 Å². The Hall–Kier alpha value is 0.310. The highest BCUT2D eigenvalue weighted by Gasteiger charge is 1.83. The zero-order valence-corrected chi connectivity index (χ0v) is 8.09. The molecule has 0 saturated heterocycles. The van der Waals surface area contributed by atoms with Gasteiger partial charge in [0, 0.05) is 5.88 Å². The fraction of sp³-hybridized carbons (Fsp3) is 1.00. The highest BCUT2D eigenvalue weighted by Crippen LogP contribution is 1.97. The lowest BCUT2D eigenvalue weighted by Gasteiger charge is -2.05. The molecule has 0 aliphatic carbocycles. The van der Waals surface area contributed by atoms with Gasteiger partial charge in [-0.2, -0.15) is 0 Å². The summed E-state index contributed by atoms with van der Waals surface area (Å²) in [6.45, 7) is 6.17. The summed E-state index contributed by atoms with van der Waals surface area (Å²) in [5.41, 5.74) is 0. The van der Waals surface area contributed by atoms with E-state index in [2.05, 4.69) is 25.9 Å². The van der Waals surface area contributed by atoms with Crippen LogP contribution in [-0.2, 0) is 0 Å². The molecule has 0 saturated carbocycles. The largest absolute Gasteiger partial charge is 0.300 e. The van der Waals surface area contributed by atoms with Crippen LogP contribution in [-0.4, -0.2) is 30.6 Å². The summed E-state index contributed by atoms with van der Waals surface area (Å²) in [5, 5.41) is 0. The maximum Gasteiger partial charge on any atom is 0.0438 e. The summed E-state index contributed by atoms with van der Waals surface area (Å²) in [6, 6.07) is 0. The smallest absolute Gasteiger partial charge is 0.0438 e. The van der Waals surface area contributed by atoms with Gasteiger partial charge in [-0.05, 0) is 19.8 Å². The van der Waals surface area contributed by atoms with E-state index in [1.165, 1.54) is 5.75 Å². The summed E-state index contributed by atoms with van der Waals surface area (Å²) >= 11 is 1.94. The van der Waals surface area contributed by atoms with E-state index in [1.54, 1.807) is 0 Å². The van der Waals surface area contributed by atoms with E-state index in [0.717, 1.165) is 5.88 Å². The molecule has 9 heavy (non-hydrogen) atoms. The number of hydrogen-bond acceptors (Lipinski definition) is 2. The van der Waals surface area contributed by atoms with Crippen molar-refractivity contribution in [2.75, 3.05) is 25.7 Å². The number of hydrogen-bond donors (Lipinski definition) is 0. The van der Waals surface area contributed by atoms with E-state index in [0.29, 0.717) is 0 Å². The molecule has 2 heteroatoms. The SMILES string of the molecule is CC.CCSCN(C)C. The molecule has 0 aromatic carbocycles. The summed E-state index contributed by atoms with van der Waals surface area (Å²) in [6.07, 6.45) is 0. The molecule has 0 rings (SSSR count). The van der Waals surface area contributed by atoms with E-state index in [4.69, 9.17) is 0 Å². The van der Waals surface area contributed by atoms with Crippen molar-refractivity contribution in [3.63, 3.8) is 0 Å². The molecular formula is C7H19NS. The van der Waals surface area contributed by atoms with Crippen LogP contribution in [0.15, 0.2) is 0 Å². The molecule has 0 unspecified atom stereocenters. The topological polar surface area (TPSA) is 3.24 Å². The van der Waals surface area contributed by atoms with Crippen molar-refractivity contribution in [2.24, 2.45) is 0 Å². The molecule has 0 N–H and O–H groups in total. The van der Waals surface area contributed by atoms with Crippen LogP contribution in [0.5, 0.6) is 0 Å². The molecule has 0 aliphatic rings. The Balaban J connectivity index is 0. The van der Waals surface area contributed by atoms with Crippen molar-refractivity contribution in [1.29, 1.82) is 0 Å². The standard InChI is InChI=1S/C5H13NS.C2H6/c1-4-7-5-6(2)3;1-2/h4-5H2,1-3H3;1-2H3. The first kappa shape index (κ1) is 12.0. The van der Waals surface area contributed by atoms with Gasteiger partial charge in [-0.25, -0.2) is 0 Å². The molecule has 58 valence electrons. The van der Waals surface area contributed by atoms with Gasteiger partial charge < -0.3 is 4.90 Å². The molecule has 0 fully saturated rings. The number of rotatable bonds is 3. The minimum atomic E-state index is 1.15. The minimum absolute atomic E-state index is 1.15. The second-order valence-electron chi connectivity index (χ2n) is 1.70. The zero-order chi connectivity index (χ0) is 7.70. The third kappa shape index (κ3) is 17.8. The van der Waals surface area contributed by atoms with Crippen LogP contribution in [0.3, 0.4) is 0 Å². The molecule has 0 spiro atoms. The third-order valence-electron chi connectivity index (χ3n) is 0.554. The van der Waals surface area contributed by atoms with Gasteiger partial charge in [0.25, 0.3) is 0 Å². The lowest BCUT2D eigenvalue weighted by molar-refractivity contribution is 0.485. The van der Waals surface area contributed by atoms with Crippen molar-refractivity contribution >= 4 is 11.8 Å². The van der Waals surface area contributed by atoms with Gasteiger partial charge in [0.2, 0.25) is 0 Å². The molecule has 0 bridgehead atoms. The molecule has 0 radical (unpaired) electrons. The number of thioether (sulfide) groups is 1. The maximum atomic E-state index is 2.17.